The lowest BCUT2D eigenvalue weighted by Crippen LogP contribution is -2.19. The Morgan fingerprint density at radius 3 is 2.37 bits per heavy atom. The van der Waals surface area contributed by atoms with Gasteiger partial charge in [-0.3, -0.25) is 4.79 Å². The first-order valence-electron chi connectivity index (χ1n) is 9.85. The minimum Gasteiger partial charge on any atom is -0.462 e. The molecule has 30 heavy (non-hydrogen) atoms. The van der Waals surface area contributed by atoms with E-state index in [-0.39, 0.29) is 25.0 Å². The third kappa shape index (κ3) is 5.78. The largest absolute Gasteiger partial charge is 0.462 e. The van der Waals surface area contributed by atoms with Gasteiger partial charge in [-0.25, -0.2) is 4.79 Å². The molecule has 1 unspecified atom stereocenters. The molecule has 0 radical (unpaired) electrons. The van der Waals surface area contributed by atoms with Crippen molar-refractivity contribution in [1.82, 2.24) is 0 Å². The Hall–Kier alpha value is -2.96. The van der Waals surface area contributed by atoms with E-state index >= 15 is 0 Å². The van der Waals surface area contributed by atoms with Crippen LogP contribution in [0.2, 0.25) is 0 Å². The highest BCUT2D eigenvalue weighted by molar-refractivity contribution is 7.16. The molecule has 156 valence electrons. The summed E-state index contributed by atoms with van der Waals surface area (Å²) in [5.41, 5.74) is 2.50. The van der Waals surface area contributed by atoms with Crippen LogP contribution in [-0.2, 0) is 20.9 Å². The van der Waals surface area contributed by atoms with Crippen LogP contribution in [-0.4, -0.2) is 25.1 Å². The molecule has 3 rings (SSSR count). The molecule has 0 aliphatic carbocycles. The highest BCUT2D eigenvalue weighted by Crippen LogP contribution is 2.36. The van der Waals surface area contributed by atoms with E-state index in [1.807, 2.05) is 60.7 Å². The summed E-state index contributed by atoms with van der Waals surface area (Å²) in [6.45, 7) is 4.35. The highest BCUT2D eigenvalue weighted by atomic mass is 32.1. The predicted octanol–water partition coefficient (Wildman–Crippen LogP) is 5.23. The number of anilines is 1. The Kier molecular flexibility index (Phi) is 7.76. The number of ether oxygens (including phenoxy) is 2. The molecule has 1 N–H and O–H groups in total. The monoisotopic (exact) mass is 423 g/mol. The van der Waals surface area contributed by atoms with Crippen LogP contribution in [0.25, 0.3) is 0 Å². The van der Waals surface area contributed by atoms with Crippen LogP contribution < -0.4 is 5.32 Å². The van der Waals surface area contributed by atoms with Gasteiger partial charge in [-0.1, -0.05) is 67.6 Å². The quantitative estimate of drug-likeness (QED) is 0.479. The Balaban J connectivity index is 1.70. The Morgan fingerprint density at radius 2 is 1.70 bits per heavy atom. The molecule has 0 aliphatic rings. The van der Waals surface area contributed by atoms with E-state index < -0.39 is 5.97 Å². The second-order valence-corrected chi connectivity index (χ2v) is 7.85. The van der Waals surface area contributed by atoms with E-state index in [1.54, 1.807) is 13.0 Å². The Labute approximate surface area is 180 Å². The molecule has 0 fully saturated rings. The lowest BCUT2D eigenvalue weighted by molar-refractivity contribution is -0.120. The van der Waals surface area contributed by atoms with Gasteiger partial charge in [0.05, 0.1) is 18.8 Å². The van der Waals surface area contributed by atoms with Gasteiger partial charge in [0, 0.05) is 10.8 Å². The molecule has 0 saturated heterocycles. The smallest absolute Gasteiger partial charge is 0.341 e. The fourth-order valence-corrected chi connectivity index (χ4v) is 4.12. The first-order chi connectivity index (χ1) is 14.6. The second kappa shape index (κ2) is 10.7. The van der Waals surface area contributed by atoms with Crippen molar-refractivity contribution in [3.05, 3.63) is 88.3 Å². The Morgan fingerprint density at radius 1 is 1.03 bits per heavy atom. The number of esters is 1. The number of hydrogen-bond donors (Lipinski definition) is 1. The molecule has 6 heteroatoms. The molecule has 0 bridgehead atoms. The average molecular weight is 424 g/mol. The summed E-state index contributed by atoms with van der Waals surface area (Å²) >= 11 is 1.39. The van der Waals surface area contributed by atoms with Gasteiger partial charge >= 0.3 is 5.97 Å². The molecule has 1 aromatic heterocycles. The molecule has 1 atom stereocenters. The van der Waals surface area contributed by atoms with Crippen LogP contribution in [0.5, 0.6) is 0 Å². The number of hydrogen-bond acceptors (Lipinski definition) is 5. The summed E-state index contributed by atoms with van der Waals surface area (Å²) in [7, 11) is 0. The molecule has 5 nitrogen and oxygen atoms in total. The number of nitrogens with one attached hydrogen (secondary N) is 1. The van der Waals surface area contributed by atoms with E-state index in [1.165, 1.54) is 11.3 Å². The van der Waals surface area contributed by atoms with Crippen LogP contribution in [0, 0.1) is 0 Å². The second-order valence-electron chi connectivity index (χ2n) is 6.77. The molecule has 1 amide bonds. The van der Waals surface area contributed by atoms with Gasteiger partial charge in [0.1, 0.15) is 11.6 Å². The average Bonchev–Trinajstić information content (AvgIpc) is 3.18. The standard InChI is InChI=1S/C24H25NO4S/c1-3-29-24(27)20-14-21(17(2)19-12-8-5-9-13-19)30-23(20)25-22(26)16-28-15-18-10-6-4-7-11-18/h4-14,17H,3,15-16H2,1-2H3,(H,25,26). The highest BCUT2D eigenvalue weighted by Gasteiger charge is 2.22. The third-order valence-corrected chi connectivity index (χ3v) is 5.80. The SMILES string of the molecule is CCOC(=O)c1cc(C(C)c2ccccc2)sc1NC(=O)COCc1ccccc1. The maximum absolute atomic E-state index is 12.4. The maximum Gasteiger partial charge on any atom is 0.341 e. The first kappa shape index (κ1) is 21.7. The van der Waals surface area contributed by atoms with Crippen molar-refractivity contribution in [3.63, 3.8) is 0 Å². The van der Waals surface area contributed by atoms with Crippen molar-refractivity contribution in [2.45, 2.75) is 26.4 Å². The van der Waals surface area contributed by atoms with Crippen molar-refractivity contribution < 1.29 is 19.1 Å². The summed E-state index contributed by atoms with van der Waals surface area (Å²) in [4.78, 5) is 25.8. The number of rotatable bonds is 9. The first-order valence-corrected chi connectivity index (χ1v) is 10.7. The molecule has 2 aromatic carbocycles. The molecular weight excluding hydrogens is 398 g/mol. The van der Waals surface area contributed by atoms with Crippen LogP contribution in [0.4, 0.5) is 5.00 Å². The topological polar surface area (TPSA) is 64.6 Å². The van der Waals surface area contributed by atoms with Crippen molar-refractivity contribution in [1.29, 1.82) is 0 Å². The lowest BCUT2D eigenvalue weighted by atomic mass is 9.99. The van der Waals surface area contributed by atoms with E-state index in [0.717, 1.165) is 16.0 Å². The molecule has 0 aliphatic heterocycles. The van der Waals surface area contributed by atoms with Gasteiger partial charge in [-0.05, 0) is 24.1 Å². The number of carbonyl (C=O) groups excluding carboxylic acids is 2. The normalized spacial score (nSPS) is 11.7. The molecule has 0 saturated carbocycles. The summed E-state index contributed by atoms with van der Waals surface area (Å²) < 4.78 is 10.7. The molecule has 1 heterocycles. The lowest BCUT2D eigenvalue weighted by Gasteiger charge is -2.09. The van der Waals surface area contributed by atoms with E-state index in [9.17, 15) is 9.59 Å². The fourth-order valence-electron chi connectivity index (χ4n) is 2.98. The number of benzene rings is 2. The minimum atomic E-state index is -0.444. The van der Waals surface area contributed by atoms with Gasteiger partial charge in [0.2, 0.25) is 0 Å². The van der Waals surface area contributed by atoms with Crippen molar-refractivity contribution in [3.8, 4) is 0 Å². The van der Waals surface area contributed by atoms with E-state index in [0.29, 0.717) is 17.2 Å². The van der Waals surface area contributed by atoms with Crippen LogP contribution in [0.15, 0.2) is 66.7 Å². The van der Waals surface area contributed by atoms with Gasteiger partial charge < -0.3 is 14.8 Å². The summed E-state index contributed by atoms with van der Waals surface area (Å²) in [5.74, 6) is -0.664. The fraction of sp³-hybridized carbons (Fsp3) is 0.250. The summed E-state index contributed by atoms with van der Waals surface area (Å²) in [5, 5.41) is 3.30. The zero-order valence-corrected chi connectivity index (χ0v) is 17.9. The Bertz CT molecular complexity index is 969. The third-order valence-electron chi connectivity index (χ3n) is 4.57. The molecular formula is C24H25NO4S. The van der Waals surface area contributed by atoms with Crippen molar-refractivity contribution in [2.75, 3.05) is 18.5 Å². The summed E-state index contributed by atoms with van der Waals surface area (Å²) in [6.07, 6.45) is 0. The molecule has 3 aromatic rings. The minimum absolute atomic E-state index is 0.0874. The van der Waals surface area contributed by atoms with E-state index in [2.05, 4.69) is 12.2 Å². The summed E-state index contributed by atoms with van der Waals surface area (Å²) in [6, 6.07) is 21.5. The van der Waals surface area contributed by atoms with Crippen LogP contribution in [0.1, 0.15) is 46.1 Å². The van der Waals surface area contributed by atoms with Crippen molar-refractivity contribution in [2.24, 2.45) is 0 Å². The van der Waals surface area contributed by atoms with Crippen molar-refractivity contribution >= 4 is 28.2 Å². The van der Waals surface area contributed by atoms with Gasteiger partial charge in [-0.2, -0.15) is 0 Å². The number of carbonyl (C=O) groups is 2. The maximum atomic E-state index is 12.4. The number of amides is 1. The predicted molar refractivity (Wildman–Crippen MR) is 119 cm³/mol. The van der Waals surface area contributed by atoms with Gasteiger partial charge in [0.25, 0.3) is 5.91 Å². The van der Waals surface area contributed by atoms with Crippen LogP contribution in [0.3, 0.4) is 0 Å². The zero-order valence-electron chi connectivity index (χ0n) is 17.1. The van der Waals surface area contributed by atoms with Gasteiger partial charge in [-0.15, -0.1) is 11.3 Å². The van der Waals surface area contributed by atoms with Crippen LogP contribution >= 0.6 is 11.3 Å². The van der Waals surface area contributed by atoms with Gasteiger partial charge in [0.15, 0.2) is 0 Å². The number of thiophene rings is 1. The zero-order chi connectivity index (χ0) is 21.3. The molecule has 0 spiro atoms. The van der Waals surface area contributed by atoms with E-state index in [4.69, 9.17) is 9.47 Å².